The lowest BCUT2D eigenvalue weighted by Crippen LogP contribution is -2.37. The molecule has 0 fully saturated rings. The van der Waals surface area contributed by atoms with Crippen molar-refractivity contribution in [2.75, 3.05) is 6.61 Å². The van der Waals surface area contributed by atoms with E-state index in [-0.39, 0.29) is 12.6 Å². The minimum absolute atomic E-state index is 0.00560. The van der Waals surface area contributed by atoms with Gasteiger partial charge in [0.05, 0.1) is 6.61 Å². The molecule has 8 heavy (non-hydrogen) atoms. The van der Waals surface area contributed by atoms with Crippen LogP contribution in [0.5, 0.6) is 0 Å². The topological polar surface area (TPSA) is 44.3 Å². The van der Waals surface area contributed by atoms with Gasteiger partial charge in [-0.05, 0) is 6.92 Å². The first-order valence-corrected chi connectivity index (χ1v) is 2.38. The molecule has 3 nitrogen and oxygen atoms in total. The Balaban J connectivity index is 3.01. The highest BCUT2D eigenvalue weighted by Gasteiger charge is 1.92. The standard InChI is InChI=1S/C5H10N2O/c1-3-6-7-5(2)4-8/h1,5-8H,4H2,2H3/t5-/m1/s1. The summed E-state index contributed by atoms with van der Waals surface area (Å²) in [7, 11) is 0. The summed E-state index contributed by atoms with van der Waals surface area (Å²) in [5.74, 6) is 0. The molecule has 0 aromatic rings. The molecule has 0 saturated heterocycles. The second-order valence-corrected chi connectivity index (χ2v) is 1.50. The van der Waals surface area contributed by atoms with Crippen molar-refractivity contribution in [3.05, 3.63) is 0 Å². The summed E-state index contributed by atoms with van der Waals surface area (Å²) >= 11 is 0. The van der Waals surface area contributed by atoms with Crippen molar-refractivity contribution in [3.63, 3.8) is 0 Å². The van der Waals surface area contributed by atoms with E-state index in [0.29, 0.717) is 0 Å². The van der Waals surface area contributed by atoms with E-state index in [1.165, 1.54) is 0 Å². The highest BCUT2D eigenvalue weighted by atomic mass is 16.3. The molecule has 3 heteroatoms. The number of hydrogen-bond donors (Lipinski definition) is 3. The molecule has 3 N–H and O–H groups in total. The van der Waals surface area contributed by atoms with Crippen LogP contribution in [-0.2, 0) is 0 Å². The Kier molecular flexibility index (Phi) is 4.04. The third kappa shape index (κ3) is 3.47. The zero-order valence-electron chi connectivity index (χ0n) is 4.81. The zero-order valence-corrected chi connectivity index (χ0v) is 4.81. The third-order valence-electron chi connectivity index (χ3n) is 0.665. The first kappa shape index (κ1) is 7.28. The van der Waals surface area contributed by atoms with Crippen LogP contribution in [-0.4, -0.2) is 17.8 Å². The lowest BCUT2D eigenvalue weighted by atomic mass is 10.4. The van der Waals surface area contributed by atoms with Gasteiger partial charge < -0.3 is 5.11 Å². The van der Waals surface area contributed by atoms with Crippen molar-refractivity contribution >= 4 is 0 Å². The van der Waals surface area contributed by atoms with Gasteiger partial charge in [0.25, 0.3) is 0 Å². The van der Waals surface area contributed by atoms with E-state index in [1.807, 2.05) is 6.92 Å². The average molecular weight is 114 g/mol. The van der Waals surface area contributed by atoms with E-state index in [4.69, 9.17) is 11.5 Å². The highest BCUT2D eigenvalue weighted by Crippen LogP contribution is 1.70. The molecule has 0 aliphatic carbocycles. The van der Waals surface area contributed by atoms with Crippen LogP contribution in [0.15, 0.2) is 0 Å². The Hall–Kier alpha value is -0.720. The first-order chi connectivity index (χ1) is 3.81. The second kappa shape index (κ2) is 4.44. The number of nitrogens with one attached hydrogen (secondary N) is 2. The number of hydrogen-bond acceptors (Lipinski definition) is 3. The first-order valence-electron chi connectivity index (χ1n) is 2.38. The molecule has 46 valence electrons. The summed E-state index contributed by atoms with van der Waals surface area (Å²) < 4.78 is 0. The molecule has 0 radical (unpaired) electrons. The van der Waals surface area contributed by atoms with E-state index in [2.05, 4.69) is 16.9 Å². The molecular weight excluding hydrogens is 104 g/mol. The summed E-state index contributed by atoms with van der Waals surface area (Å²) in [5, 5.41) is 8.39. The van der Waals surface area contributed by atoms with E-state index < -0.39 is 0 Å². The number of terminal acetylenes is 1. The van der Waals surface area contributed by atoms with Gasteiger partial charge in [0.1, 0.15) is 0 Å². The van der Waals surface area contributed by atoms with Crippen LogP contribution in [0.4, 0.5) is 0 Å². The van der Waals surface area contributed by atoms with E-state index >= 15 is 0 Å². The predicted octanol–water partition coefficient (Wildman–Crippen LogP) is -0.948. The monoisotopic (exact) mass is 114 g/mol. The average Bonchev–Trinajstić information content (AvgIpc) is 1.83. The molecule has 0 unspecified atom stereocenters. The maximum Gasteiger partial charge on any atom is 0.0600 e. The molecule has 0 heterocycles. The van der Waals surface area contributed by atoms with E-state index in [9.17, 15) is 0 Å². The van der Waals surface area contributed by atoms with Gasteiger partial charge in [-0.1, -0.05) is 6.42 Å². The largest absolute Gasteiger partial charge is 0.395 e. The molecule has 0 aliphatic rings. The normalized spacial score (nSPS) is 12.1. The van der Waals surface area contributed by atoms with E-state index in [0.717, 1.165) is 0 Å². The highest BCUT2D eigenvalue weighted by molar-refractivity contribution is 4.77. The Morgan fingerprint density at radius 2 is 2.50 bits per heavy atom. The summed E-state index contributed by atoms with van der Waals surface area (Å²) in [4.78, 5) is 0. The van der Waals surface area contributed by atoms with Crippen molar-refractivity contribution in [1.82, 2.24) is 10.9 Å². The lowest BCUT2D eigenvalue weighted by molar-refractivity contribution is 0.246. The molecule has 1 atom stereocenters. The van der Waals surface area contributed by atoms with Crippen LogP contribution in [0, 0.1) is 12.5 Å². The van der Waals surface area contributed by atoms with Crippen LogP contribution in [0.25, 0.3) is 0 Å². The molecule has 0 bridgehead atoms. The number of hydrazine groups is 1. The number of aliphatic hydroxyl groups is 1. The summed E-state index contributed by atoms with van der Waals surface area (Å²) in [6.45, 7) is 1.89. The fourth-order valence-electron chi connectivity index (χ4n) is 0.211. The SMILES string of the molecule is C#CNN[C@H](C)CO. The summed E-state index contributed by atoms with van der Waals surface area (Å²) in [5.41, 5.74) is 5.06. The molecule has 0 aromatic heterocycles. The van der Waals surface area contributed by atoms with Gasteiger partial charge in [0, 0.05) is 12.1 Å². The maximum atomic E-state index is 8.39. The van der Waals surface area contributed by atoms with Crippen molar-refractivity contribution in [2.24, 2.45) is 0 Å². The minimum atomic E-state index is 0.00560. The molecule has 0 saturated carbocycles. The maximum absolute atomic E-state index is 8.39. The molecule has 0 aromatic carbocycles. The van der Waals surface area contributed by atoms with Crippen LogP contribution in [0.1, 0.15) is 6.92 Å². The fraction of sp³-hybridized carbons (Fsp3) is 0.600. The lowest BCUT2D eigenvalue weighted by Gasteiger charge is -2.06. The van der Waals surface area contributed by atoms with Gasteiger partial charge in [-0.15, -0.1) is 0 Å². The molecular formula is C5H10N2O. The van der Waals surface area contributed by atoms with Gasteiger partial charge in [0.2, 0.25) is 0 Å². The van der Waals surface area contributed by atoms with Crippen molar-refractivity contribution in [1.29, 1.82) is 0 Å². The predicted molar refractivity (Wildman–Crippen MR) is 31.7 cm³/mol. The summed E-state index contributed by atoms with van der Waals surface area (Å²) in [6.07, 6.45) is 4.83. The van der Waals surface area contributed by atoms with Crippen molar-refractivity contribution in [3.8, 4) is 12.5 Å². The number of rotatable bonds is 3. The van der Waals surface area contributed by atoms with Gasteiger partial charge >= 0.3 is 0 Å². The van der Waals surface area contributed by atoms with E-state index in [1.54, 1.807) is 0 Å². The van der Waals surface area contributed by atoms with Gasteiger partial charge in [0.15, 0.2) is 0 Å². The van der Waals surface area contributed by atoms with Gasteiger partial charge in [-0.3, -0.25) is 5.43 Å². The van der Waals surface area contributed by atoms with Gasteiger partial charge in [-0.2, -0.15) is 0 Å². The Morgan fingerprint density at radius 3 is 2.88 bits per heavy atom. The fourth-order valence-corrected chi connectivity index (χ4v) is 0.211. The van der Waals surface area contributed by atoms with Gasteiger partial charge in [-0.25, -0.2) is 5.43 Å². The van der Waals surface area contributed by atoms with Crippen LogP contribution in [0.3, 0.4) is 0 Å². The van der Waals surface area contributed by atoms with Crippen molar-refractivity contribution < 1.29 is 5.11 Å². The van der Waals surface area contributed by atoms with Crippen LogP contribution in [0.2, 0.25) is 0 Å². The Labute approximate surface area is 49.1 Å². The zero-order chi connectivity index (χ0) is 6.41. The van der Waals surface area contributed by atoms with Crippen LogP contribution >= 0.6 is 0 Å². The third-order valence-corrected chi connectivity index (χ3v) is 0.665. The minimum Gasteiger partial charge on any atom is -0.395 e. The summed E-state index contributed by atoms with van der Waals surface area (Å²) in [6, 6.07) is 2.17. The smallest absolute Gasteiger partial charge is 0.0600 e. The molecule has 0 rings (SSSR count). The van der Waals surface area contributed by atoms with Crippen molar-refractivity contribution in [2.45, 2.75) is 13.0 Å². The second-order valence-electron chi connectivity index (χ2n) is 1.50. The van der Waals surface area contributed by atoms with Crippen LogP contribution < -0.4 is 10.9 Å². The Morgan fingerprint density at radius 1 is 1.88 bits per heavy atom. The Bertz CT molecular complexity index is 86.9. The molecule has 0 amide bonds. The molecule has 0 spiro atoms. The molecule has 0 aliphatic heterocycles. The quantitative estimate of drug-likeness (QED) is 0.252. The number of aliphatic hydroxyl groups excluding tert-OH is 1.